The fourth-order valence-electron chi connectivity index (χ4n) is 0.946. The highest BCUT2D eigenvalue weighted by Crippen LogP contribution is 2.23. The average molecular weight is 202 g/mol. The van der Waals surface area contributed by atoms with Gasteiger partial charge in [-0.2, -0.15) is 0 Å². The Morgan fingerprint density at radius 3 is 2.42 bits per heavy atom. The van der Waals surface area contributed by atoms with Crippen LogP contribution in [0.5, 0.6) is 0 Å². The average Bonchev–Trinajstić information content (AvgIpc) is 1.99. The third-order valence-electron chi connectivity index (χ3n) is 1.93. The van der Waals surface area contributed by atoms with E-state index in [9.17, 15) is 4.79 Å². The van der Waals surface area contributed by atoms with Gasteiger partial charge in [0.1, 0.15) is 0 Å². The highest BCUT2D eigenvalue weighted by atomic mass is 32.1. The second-order valence-electron chi connectivity index (χ2n) is 3.25. The minimum atomic E-state index is -0.633. The number of carbonyl (C=O) groups excluding carboxylic acids is 1. The molecule has 5 heteroatoms. The number of carbonyl (C=O) groups is 1. The van der Waals surface area contributed by atoms with E-state index in [4.69, 9.17) is 24.4 Å². The first-order chi connectivity index (χ1) is 5.37. The first-order valence-electron chi connectivity index (χ1n) is 3.51. The predicted octanol–water partition coefficient (Wildman–Crippen LogP) is 0.686. The number of nitrogens with one attached hydrogen (secondary N) is 1. The SMILES string of the molecule is CN1C(=S)NC(=O)C(C)(C)C1=S. The summed E-state index contributed by atoms with van der Waals surface area (Å²) in [6.07, 6.45) is 0. The number of hydrogen-bond acceptors (Lipinski definition) is 3. The van der Waals surface area contributed by atoms with E-state index < -0.39 is 5.41 Å². The van der Waals surface area contributed by atoms with Crippen molar-refractivity contribution < 1.29 is 4.79 Å². The Labute approximate surface area is 82.1 Å². The zero-order valence-corrected chi connectivity index (χ0v) is 8.80. The smallest absolute Gasteiger partial charge is 0.238 e. The number of rotatable bonds is 0. The fraction of sp³-hybridized carbons (Fsp3) is 0.571. The summed E-state index contributed by atoms with van der Waals surface area (Å²) in [5, 5.41) is 2.96. The Bertz CT molecular complexity index is 273. The fourth-order valence-corrected chi connectivity index (χ4v) is 1.37. The van der Waals surface area contributed by atoms with Crippen LogP contribution in [-0.4, -0.2) is 28.0 Å². The summed E-state index contributed by atoms with van der Waals surface area (Å²) in [7, 11) is 1.76. The van der Waals surface area contributed by atoms with Gasteiger partial charge >= 0.3 is 0 Å². The maximum atomic E-state index is 11.4. The van der Waals surface area contributed by atoms with Gasteiger partial charge in [-0.3, -0.25) is 4.79 Å². The van der Waals surface area contributed by atoms with Crippen molar-refractivity contribution in [3.63, 3.8) is 0 Å². The maximum Gasteiger partial charge on any atom is 0.238 e. The molecule has 0 aromatic rings. The van der Waals surface area contributed by atoms with Crippen molar-refractivity contribution in [3.8, 4) is 0 Å². The molecule has 0 aromatic heterocycles. The summed E-state index contributed by atoms with van der Waals surface area (Å²) >= 11 is 9.99. The van der Waals surface area contributed by atoms with Gasteiger partial charge in [-0.1, -0.05) is 12.2 Å². The van der Waals surface area contributed by atoms with Gasteiger partial charge in [-0.15, -0.1) is 0 Å². The first-order valence-corrected chi connectivity index (χ1v) is 4.32. The summed E-state index contributed by atoms with van der Waals surface area (Å²) in [6.45, 7) is 3.56. The minimum absolute atomic E-state index is 0.129. The second-order valence-corrected chi connectivity index (χ2v) is 4.02. The molecule has 3 nitrogen and oxygen atoms in total. The van der Waals surface area contributed by atoms with Crippen molar-refractivity contribution in [1.82, 2.24) is 10.2 Å². The quantitative estimate of drug-likeness (QED) is 0.586. The maximum absolute atomic E-state index is 11.4. The second kappa shape index (κ2) is 2.74. The van der Waals surface area contributed by atoms with Crippen LogP contribution in [0.2, 0.25) is 0 Å². The molecular formula is C7H10N2OS2. The minimum Gasteiger partial charge on any atom is -0.315 e. The van der Waals surface area contributed by atoms with E-state index in [1.54, 1.807) is 25.8 Å². The Hall–Kier alpha value is -0.550. The molecule has 0 aliphatic carbocycles. The molecule has 0 spiro atoms. The lowest BCUT2D eigenvalue weighted by Crippen LogP contribution is -2.59. The van der Waals surface area contributed by atoms with Crippen LogP contribution >= 0.6 is 24.4 Å². The van der Waals surface area contributed by atoms with E-state index >= 15 is 0 Å². The number of thiocarbonyl (C=S) groups is 2. The summed E-state index contributed by atoms with van der Waals surface area (Å²) in [5.74, 6) is -0.129. The molecule has 1 rings (SSSR count). The monoisotopic (exact) mass is 202 g/mol. The van der Waals surface area contributed by atoms with Crippen LogP contribution in [0, 0.1) is 5.41 Å². The van der Waals surface area contributed by atoms with E-state index in [2.05, 4.69) is 5.32 Å². The largest absolute Gasteiger partial charge is 0.315 e. The predicted molar refractivity (Wildman–Crippen MR) is 54.9 cm³/mol. The molecule has 0 radical (unpaired) electrons. The molecule has 1 fully saturated rings. The summed E-state index contributed by atoms with van der Waals surface area (Å²) in [5.41, 5.74) is -0.633. The zero-order valence-electron chi connectivity index (χ0n) is 7.17. The Kier molecular flexibility index (Phi) is 2.18. The normalized spacial score (nSPS) is 22.6. The number of hydrogen-bond donors (Lipinski definition) is 1. The van der Waals surface area contributed by atoms with E-state index in [0.717, 1.165) is 0 Å². The van der Waals surface area contributed by atoms with Crippen LogP contribution in [-0.2, 0) is 4.79 Å². The van der Waals surface area contributed by atoms with Crippen LogP contribution in [0.15, 0.2) is 0 Å². The lowest BCUT2D eigenvalue weighted by molar-refractivity contribution is -0.125. The van der Waals surface area contributed by atoms with Crippen molar-refractivity contribution >= 4 is 40.4 Å². The third-order valence-corrected chi connectivity index (χ3v) is 3.09. The van der Waals surface area contributed by atoms with Crippen molar-refractivity contribution in [2.75, 3.05) is 7.05 Å². The zero-order chi connectivity index (χ0) is 9.52. The van der Waals surface area contributed by atoms with Crippen molar-refractivity contribution in [2.24, 2.45) is 5.41 Å². The van der Waals surface area contributed by atoms with Crippen molar-refractivity contribution in [3.05, 3.63) is 0 Å². The van der Waals surface area contributed by atoms with Gasteiger partial charge in [-0.05, 0) is 26.1 Å². The van der Waals surface area contributed by atoms with Crippen LogP contribution < -0.4 is 5.32 Å². The van der Waals surface area contributed by atoms with E-state index in [-0.39, 0.29) is 5.91 Å². The molecule has 1 saturated heterocycles. The van der Waals surface area contributed by atoms with Gasteiger partial charge in [0.05, 0.1) is 10.4 Å². The van der Waals surface area contributed by atoms with Crippen LogP contribution in [0.25, 0.3) is 0 Å². The number of nitrogens with zero attached hydrogens (tertiary/aromatic N) is 1. The molecule has 66 valence electrons. The van der Waals surface area contributed by atoms with Crippen LogP contribution in [0.3, 0.4) is 0 Å². The molecule has 0 unspecified atom stereocenters. The van der Waals surface area contributed by atoms with Crippen LogP contribution in [0.1, 0.15) is 13.8 Å². The van der Waals surface area contributed by atoms with E-state index in [1.165, 1.54) is 0 Å². The molecule has 0 atom stereocenters. The Morgan fingerprint density at radius 2 is 1.92 bits per heavy atom. The van der Waals surface area contributed by atoms with Crippen molar-refractivity contribution in [2.45, 2.75) is 13.8 Å². The van der Waals surface area contributed by atoms with Crippen molar-refractivity contribution in [1.29, 1.82) is 0 Å². The standard InChI is InChI=1S/C7H10N2OS2/c1-7(2)4(10)8-6(12)9(3)5(7)11/h1-3H3,(H,8,10,12). The summed E-state index contributed by atoms with van der Waals surface area (Å²) in [6, 6.07) is 0. The molecular weight excluding hydrogens is 192 g/mol. The molecule has 0 aromatic carbocycles. The molecule has 1 heterocycles. The lowest BCUT2D eigenvalue weighted by Gasteiger charge is -2.36. The van der Waals surface area contributed by atoms with Gasteiger partial charge in [0.2, 0.25) is 5.91 Å². The molecule has 1 aliphatic heterocycles. The molecule has 0 bridgehead atoms. The Balaban J connectivity index is 3.04. The lowest BCUT2D eigenvalue weighted by atomic mass is 9.90. The Morgan fingerprint density at radius 1 is 1.42 bits per heavy atom. The highest BCUT2D eigenvalue weighted by Gasteiger charge is 2.40. The van der Waals surface area contributed by atoms with E-state index in [1.807, 2.05) is 0 Å². The molecule has 1 amide bonds. The number of amides is 1. The van der Waals surface area contributed by atoms with Crippen LogP contribution in [0.4, 0.5) is 0 Å². The molecule has 1 N–H and O–H groups in total. The van der Waals surface area contributed by atoms with Gasteiger partial charge in [0, 0.05) is 7.05 Å². The topological polar surface area (TPSA) is 32.3 Å². The highest BCUT2D eigenvalue weighted by molar-refractivity contribution is 7.82. The van der Waals surface area contributed by atoms with Gasteiger partial charge < -0.3 is 10.2 Å². The third kappa shape index (κ3) is 1.23. The molecule has 12 heavy (non-hydrogen) atoms. The van der Waals surface area contributed by atoms with Gasteiger partial charge in [0.15, 0.2) is 5.11 Å². The first kappa shape index (κ1) is 9.54. The van der Waals surface area contributed by atoms with E-state index in [0.29, 0.717) is 10.1 Å². The van der Waals surface area contributed by atoms with Gasteiger partial charge in [-0.25, -0.2) is 0 Å². The summed E-state index contributed by atoms with van der Waals surface area (Å²) < 4.78 is 0. The molecule has 0 saturated carbocycles. The summed E-state index contributed by atoms with van der Waals surface area (Å²) in [4.78, 5) is 13.6. The van der Waals surface area contributed by atoms with Gasteiger partial charge in [0.25, 0.3) is 0 Å². The molecule has 1 aliphatic rings.